The zero-order valence-electron chi connectivity index (χ0n) is 18.7. The second-order valence-corrected chi connectivity index (χ2v) is 10.9. The normalized spacial score (nSPS) is 34.3. The Kier molecular flexibility index (Phi) is 4.83. The predicted molar refractivity (Wildman–Crippen MR) is 121 cm³/mol. The molecule has 1 N–H and O–H groups in total. The van der Waals surface area contributed by atoms with E-state index in [4.69, 9.17) is 4.98 Å². The molecule has 2 aromatic rings. The van der Waals surface area contributed by atoms with Gasteiger partial charge in [-0.15, -0.1) is 0 Å². The summed E-state index contributed by atoms with van der Waals surface area (Å²) in [6.07, 6.45) is 12.1. The Balaban J connectivity index is 1.03. The molecule has 0 spiro atoms. The molecule has 7 rings (SSSR count). The summed E-state index contributed by atoms with van der Waals surface area (Å²) >= 11 is 0. The number of pyridine rings is 1. The Morgan fingerprint density at radius 1 is 1.10 bits per heavy atom. The van der Waals surface area contributed by atoms with Crippen LogP contribution in [0.25, 0.3) is 5.65 Å². The van der Waals surface area contributed by atoms with Crippen LogP contribution in [0.5, 0.6) is 0 Å². The van der Waals surface area contributed by atoms with Crippen LogP contribution in [0.15, 0.2) is 30.6 Å². The fourth-order valence-electron chi connectivity index (χ4n) is 7.40. The van der Waals surface area contributed by atoms with E-state index in [1.54, 1.807) is 0 Å². The maximum atomic E-state index is 13.2. The molecule has 1 amide bonds. The minimum atomic E-state index is -0.0367. The Morgan fingerprint density at radius 3 is 2.42 bits per heavy atom. The Hall–Kier alpha value is -1.92. The van der Waals surface area contributed by atoms with Gasteiger partial charge in [0.1, 0.15) is 5.65 Å². The second kappa shape index (κ2) is 7.59. The van der Waals surface area contributed by atoms with Crippen molar-refractivity contribution in [3.63, 3.8) is 0 Å². The van der Waals surface area contributed by atoms with Crippen LogP contribution in [0.1, 0.15) is 51.1 Å². The van der Waals surface area contributed by atoms with E-state index in [9.17, 15) is 4.79 Å². The maximum Gasteiger partial charge on any atom is 0.237 e. The third-order valence-corrected chi connectivity index (χ3v) is 8.56. The van der Waals surface area contributed by atoms with Gasteiger partial charge in [-0.2, -0.15) is 0 Å². The molecule has 6 nitrogen and oxygen atoms in total. The first-order valence-corrected chi connectivity index (χ1v) is 12.3. The van der Waals surface area contributed by atoms with E-state index >= 15 is 0 Å². The van der Waals surface area contributed by atoms with Crippen molar-refractivity contribution in [2.45, 2.75) is 63.6 Å². The molecule has 1 aliphatic heterocycles. The highest BCUT2D eigenvalue weighted by atomic mass is 16.2. The predicted octanol–water partition coefficient (Wildman–Crippen LogP) is 2.93. The minimum Gasteiger partial charge on any atom is -0.349 e. The molecular weight excluding hydrogens is 386 g/mol. The summed E-state index contributed by atoms with van der Waals surface area (Å²) in [5.41, 5.74) is 2.24. The lowest BCUT2D eigenvalue weighted by molar-refractivity contribution is -0.132. The lowest BCUT2D eigenvalue weighted by atomic mass is 9.53. The van der Waals surface area contributed by atoms with E-state index in [0.717, 1.165) is 61.8 Å². The van der Waals surface area contributed by atoms with Crippen molar-refractivity contribution < 1.29 is 4.79 Å². The van der Waals surface area contributed by atoms with E-state index in [-0.39, 0.29) is 17.5 Å². The van der Waals surface area contributed by atoms with Gasteiger partial charge in [0.25, 0.3) is 0 Å². The van der Waals surface area contributed by atoms with Crippen LogP contribution in [0.3, 0.4) is 0 Å². The lowest BCUT2D eigenvalue weighted by Gasteiger charge is -2.57. The van der Waals surface area contributed by atoms with Crippen LogP contribution in [-0.2, 0) is 11.3 Å². The average Bonchev–Trinajstić information content (AvgIpc) is 3.15. The first-order valence-electron chi connectivity index (χ1n) is 12.3. The van der Waals surface area contributed by atoms with Crippen LogP contribution in [-0.4, -0.2) is 62.9 Å². The van der Waals surface area contributed by atoms with Crippen molar-refractivity contribution in [1.29, 1.82) is 0 Å². The lowest BCUT2D eigenvalue weighted by Crippen LogP contribution is -2.63. The number of piperazine rings is 1. The second-order valence-electron chi connectivity index (χ2n) is 10.9. The number of carbonyl (C=O) groups excluding carboxylic acids is 1. The monoisotopic (exact) mass is 421 g/mol. The minimum absolute atomic E-state index is 0.0367. The number of carbonyl (C=O) groups is 1. The van der Waals surface area contributed by atoms with Crippen molar-refractivity contribution in [2.75, 3.05) is 26.2 Å². The van der Waals surface area contributed by atoms with Gasteiger partial charge >= 0.3 is 0 Å². The van der Waals surface area contributed by atoms with Gasteiger partial charge in [-0.05, 0) is 75.3 Å². The van der Waals surface area contributed by atoms with Crippen LogP contribution in [0.2, 0.25) is 0 Å². The van der Waals surface area contributed by atoms with Crippen LogP contribution < -0.4 is 5.32 Å². The highest BCUT2D eigenvalue weighted by Crippen LogP contribution is 2.55. The number of nitrogens with zero attached hydrogens (tertiary/aromatic N) is 4. The van der Waals surface area contributed by atoms with Gasteiger partial charge < -0.3 is 9.72 Å². The van der Waals surface area contributed by atoms with Gasteiger partial charge in [-0.3, -0.25) is 14.6 Å². The maximum absolute atomic E-state index is 13.2. The third kappa shape index (κ3) is 3.78. The Morgan fingerprint density at radius 2 is 1.77 bits per heavy atom. The standard InChI is InChI=1S/C25H35N5O/c1-18(24(31)27-25-13-19-10-20(14-25)12-21(11-19)15-25)29-8-6-28(7-9-29)16-22-17-30-5-3-2-4-23(30)26-22/h2-5,17-21H,6-16H2,1H3,(H,27,31)/t18-,19?,20?,21?,25?/m1/s1. The first kappa shape index (κ1) is 19.7. The molecule has 1 atom stereocenters. The number of rotatable bonds is 5. The van der Waals surface area contributed by atoms with Gasteiger partial charge in [-0.25, -0.2) is 4.98 Å². The summed E-state index contributed by atoms with van der Waals surface area (Å²) in [5, 5.41) is 3.58. The fourth-order valence-corrected chi connectivity index (χ4v) is 7.40. The quantitative estimate of drug-likeness (QED) is 0.807. The van der Waals surface area contributed by atoms with Gasteiger partial charge in [-0.1, -0.05) is 6.07 Å². The molecule has 6 heteroatoms. The number of hydrogen-bond donors (Lipinski definition) is 1. The summed E-state index contributed by atoms with van der Waals surface area (Å²) in [5.74, 6) is 2.86. The molecule has 0 radical (unpaired) electrons. The van der Waals surface area contributed by atoms with Crippen molar-refractivity contribution in [1.82, 2.24) is 24.5 Å². The number of aromatic nitrogens is 2. The number of imidazole rings is 1. The summed E-state index contributed by atoms with van der Waals surface area (Å²) in [6.45, 7) is 6.86. The van der Waals surface area contributed by atoms with Gasteiger partial charge in [0, 0.05) is 50.7 Å². The van der Waals surface area contributed by atoms with E-state index in [1.165, 1.54) is 38.5 Å². The zero-order valence-corrected chi connectivity index (χ0v) is 18.7. The third-order valence-electron chi connectivity index (χ3n) is 8.56. The molecule has 31 heavy (non-hydrogen) atoms. The highest BCUT2D eigenvalue weighted by molar-refractivity contribution is 5.82. The van der Waals surface area contributed by atoms with E-state index < -0.39 is 0 Å². The summed E-state index contributed by atoms with van der Waals surface area (Å²) < 4.78 is 2.09. The summed E-state index contributed by atoms with van der Waals surface area (Å²) in [6, 6.07) is 6.07. The van der Waals surface area contributed by atoms with Crippen molar-refractivity contribution in [2.24, 2.45) is 17.8 Å². The SMILES string of the molecule is C[C@H](C(=O)NC12CC3CC(CC(C3)C1)C2)N1CCN(Cc2cn3ccccc3n2)CC1. The fraction of sp³-hybridized carbons (Fsp3) is 0.680. The molecule has 5 fully saturated rings. The van der Waals surface area contributed by atoms with Crippen LogP contribution in [0.4, 0.5) is 0 Å². The van der Waals surface area contributed by atoms with Gasteiger partial charge in [0.2, 0.25) is 5.91 Å². The van der Waals surface area contributed by atoms with Crippen molar-refractivity contribution in [3.05, 3.63) is 36.3 Å². The molecule has 1 saturated heterocycles. The number of fused-ring (bicyclic) bond motifs is 1. The molecule has 4 saturated carbocycles. The van der Waals surface area contributed by atoms with Gasteiger partial charge in [0.15, 0.2) is 0 Å². The molecule has 0 unspecified atom stereocenters. The largest absolute Gasteiger partial charge is 0.349 e. The highest BCUT2D eigenvalue weighted by Gasteiger charge is 2.51. The molecule has 5 aliphatic rings. The molecular formula is C25H35N5O. The summed E-state index contributed by atoms with van der Waals surface area (Å²) in [7, 11) is 0. The molecule has 166 valence electrons. The number of nitrogens with one attached hydrogen (secondary N) is 1. The van der Waals surface area contributed by atoms with E-state index in [0.29, 0.717) is 0 Å². The van der Waals surface area contributed by atoms with Crippen molar-refractivity contribution >= 4 is 11.6 Å². The smallest absolute Gasteiger partial charge is 0.237 e. The number of hydrogen-bond acceptors (Lipinski definition) is 4. The topological polar surface area (TPSA) is 52.9 Å². The van der Waals surface area contributed by atoms with Gasteiger partial charge in [0.05, 0.1) is 11.7 Å². The molecule has 2 aromatic heterocycles. The molecule has 3 heterocycles. The molecule has 0 aromatic carbocycles. The zero-order chi connectivity index (χ0) is 21.0. The molecule has 4 aliphatic carbocycles. The van der Waals surface area contributed by atoms with E-state index in [1.807, 2.05) is 24.4 Å². The summed E-state index contributed by atoms with van der Waals surface area (Å²) in [4.78, 5) is 22.8. The van der Waals surface area contributed by atoms with Crippen LogP contribution in [0, 0.1) is 17.8 Å². The Bertz CT molecular complexity index is 891. The van der Waals surface area contributed by atoms with E-state index in [2.05, 4.69) is 32.6 Å². The first-order chi connectivity index (χ1) is 15.1. The average molecular weight is 422 g/mol. The molecule has 4 bridgehead atoms. The Labute approximate surface area is 185 Å². The van der Waals surface area contributed by atoms with Crippen LogP contribution >= 0.6 is 0 Å². The number of amides is 1. The van der Waals surface area contributed by atoms with Crippen molar-refractivity contribution in [3.8, 4) is 0 Å².